The van der Waals surface area contributed by atoms with E-state index in [9.17, 15) is 4.79 Å². The predicted octanol–water partition coefficient (Wildman–Crippen LogP) is 2.22. The summed E-state index contributed by atoms with van der Waals surface area (Å²) in [7, 11) is 0. The summed E-state index contributed by atoms with van der Waals surface area (Å²) in [4.78, 5) is 16.9. The smallest absolute Gasteiger partial charge is 0.259 e. The van der Waals surface area contributed by atoms with E-state index in [4.69, 9.17) is 0 Å². The van der Waals surface area contributed by atoms with Gasteiger partial charge in [-0.3, -0.25) is 9.20 Å². The molecule has 0 N–H and O–H groups in total. The first kappa shape index (κ1) is 8.61. The predicted molar refractivity (Wildman–Crippen MR) is 61.6 cm³/mol. The molecule has 0 bridgehead atoms. The van der Waals surface area contributed by atoms with Crippen molar-refractivity contribution in [3.8, 4) is 0 Å². The number of thiazole rings is 1. The van der Waals surface area contributed by atoms with E-state index in [0.29, 0.717) is 0 Å². The van der Waals surface area contributed by atoms with Crippen molar-refractivity contribution in [2.24, 2.45) is 0 Å². The summed E-state index contributed by atoms with van der Waals surface area (Å²) in [6.45, 7) is 1.84. The molecule has 0 saturated carbocycles. The lowest BCUT2D eigenvalue weighted by Gasteiger charge is -1.94. The third kappa shape index (κ3) is 1.18. The van der Waals surface area contributed by atoms with Crippen molar-refractivity contribution in [2.45, 2.75) is 6.92 Å². The average Bonchev–Trinajstić information content (AvgIpc) is 2.54. The maximum Gasteiger partial charge on any atom is 0.259 e. The fraction of sp³-hybridized carbons (Fsp3) is 0.0909. The van der Waals surface area contributed by atoms with Crippen molar-refractivity contribution < 1.29 is 0 Å². The molecule has 0 amide bonds. The van der Waals surface area contributed by atoms with Gasteiger partial charge < -0.3 is 0 Å². The van der Waals surface area contributed by atoms with Gasteiger partial charge in [0.25, 0.3) is 5.56 Å². The number of aryl methyl sites for hydroxylation is 1. The van der Waals surface area contributed by atoms with E-state index in [1.54, 1.807) is 21.8 Å². The van der Waals surface area contributed by atoms with Gasteiger partial charge in [-0.05, 0) is 19.1 Å². The minimum Gasteiger partial charge on any atom is -0.269 e. The molecule has 0 saturated heterocycles. The highest BCUT2D eigenvalue weighted by molar-refractivity contribution is 7.23. The highest BCUT2D eigenvalue weighted by Gasteiger charge is 2.06. The van der Waals surface area contributed by atoms with Crippen molar-refractivity contribution in [3.05, 3.63) is 46.4 Å². The largest absolute Gasteiger partial charge is 0.269 e. The molecule has 0 radical (unpaired) electrons. The number of para-hydroxylation sites is 1. The SMILES string of the molecule is Cc1cc(=O)n2c(n1)sc1ccccc12. The highest BCUT2D eigenvalue weighted by atomic mass is 32.1. The third-order valence-electron chi connectivity index (χ3n) is 2.32. The molecule has 1 aromatic carbocycles. The first-order valence-corrected chi connectivity index (χ1v) is 5.45. The molecule has 3 nitrogen and oxygen atoms in total. The fourth-order valence-electron chi connectivity index (χ4n) is 1.69. The number of aromatic nitrogens is 2. The second-order valence-corrected chi connectivity index (χ2v) is 4.43. The van der Waals surface area contributed by atoms with Crippen LogP contribution >= 0.6 is 11.3 Å². The van der Waals surface area contributed by atoms with E-state index in [1.807, 2.05) is 31.2 Å². The van der Waals surface area contributed by atoms with E-state index >= 15 is 0 Å². The number of benzene rings is 1. The second-order valence-electron chi connectivity index (χ2n) is 3.42. The zero-order chi connectivity index (χ0) is 10.4. The second kappa shape index (κ2) is 2.90. The summed E-state index contributed by atoms with van der Waals surface area (Å²) in [6.07, 6.45) is 0. The maximum atomic E-state index is 11.8. The summed E-state index contributed by atoms with van der Waals surface area (Å²) in [5.74, 6) is 0. The van der Waals surface area contributed by atoms with Gasteiger partial charge in [0.15, 0.2) is 4.96 Å². The van der Waals surface area contributed by atoms with Gasteiger partial charge in [0.1, 0.15) is 0 Å². The molecule has 0 spiro atoms. The lowest BCUT2D eigenvalue weighted by Crippen LogP contribution is -2.12. The number of fused-ring (bicyclic) bond motifs is 3. The highest BCUT2D eigenvalue weighted by Crippen LogP contribution is 2.23. The molecule has 15 heavy (non-hydrogen) atoms. The molecule has 0 unspecified atom stereocenters. The Morgan fingerprint density at radius 1 is 1.33 bits per heavy atom. The monoisotopic (exact) mass is 216 g/mol. The maximum absolute atomic E-state index is 11.8. The van der Waals surface area contributed by atoms with Gasteiger partial charge in [0.05, 0.1) is 10.2 Å². The van der Waals surface area contributed by atoms with Gasteiger partial charge in [-0.15, -0.1) is 0 Å². The quantitative estimate of drug-likeness (QED) is 0.577. The van der Waals surface area contributed by atoms with Crippen LogP contribution in [-0.2, 0) is 0 Å². The van der Waals surface area contributed by atoms with E-state index in [2.05, 4.69) is 4.98 Å². The van der Waals surface area contributed by atoms with Crippen LogP contribution in [-0.4, -0.2) is 9.38 Å². The lowest BCUT2D eigenvalue weighted by atomic mass is 10.3. The Morgan fingerprint density at radius 3 is 3.00 bits per heavy atom. The van der Waals surface area contributed by atoms with Gasteiger partial charge in [0, 0.05) is 11.8 Å². The summed E-state index contributed by atoms with van der Waals surface area (Å²) >= 11 is 1.54. The fourth-order valence-corrected chi connectivity index (χ4v) is 2.76. The van der Waals surface area contributed by atoms with Gasteiger partial charge >= 0.3 is 0 Å². The Balaban J connectivity index is 2.67. The number of rotatable bonds is 0. The topological polar surface area (TPSA) is 34.4 Å². The molecule has 2 aromatic heterocycles. The Bertz CT molecular complexity index is 711. The molecule has 3 rings (SSSR count). The summed E-state index contributed by atoms with van der Waals surface area (Å²) in [5.41, 5.74) is 1.71. The Labute approximate surface area is 89.6 Å². The molecule has 3 aromatic rings. The first-order valence-electron chi connectivity index (χ1n) is 4.64. The van der Waals surface area contributed by atoms with Crippen LogP contribution in [0.25, 0.3) is 15.2 Å². The molecular weight excluding hydrogens is 208 g/mol. The van der Waals surface area contributed by atoms with Crippen LogP contribution in [0.15, 0.2) is 35.1 Å². The number of nitrogens with zero attached hydrogens (tertiary/aromatic N) is 2. The number of hydrogen-bond acceptors (Lipinski definition) is 3. The lowest BCUT2D eigenvalue weighted by molar-refractivity contribution is 1.08. The van der Waals surface area contributed by atoms with Gasteiger partial charge in [-0.1, -0.05) is 23.5 Å². The molecule has 0 atom stereocenters. The van der Waals surface area contributed by atoms with Gasteiger partial charge in [-0.2, -0.15) is 0 Å². The van der Waals surface area contributed by atoms with Crippen molar-refractivity contribution in [1.82, 2.24) is 9.38 Å². The zero-order valence-corrected chi connectivity index (χ0v) is 8.91. The van der Waals surface area contributed by atoms with E-state index in [-0.39, 0.29) is 5.56 Å². The Hall–Kier alpha value is -1.68. The van der Waals surface area contributed by atoms with Crippen LogP contribution in [0.1, 0.15) is 5.69 Å². The van der Waals surface area contributed by atoms with E-state index in [1.165, 1.54) is 0 Å². The summed E-state index contributed by atoms with van der Waals surface area (Å²) in [6, 6.07) is 9.41. The van der Waals surface area contributed by atoms with E-state index in [0.717, 1.165) is 20.9 Å². The van der Waals surface area contributed by atoms with Crippen molar-refractivity contribution in [2.75, 3.05) is 0 Å². The Morgan fingerprint density at radius 2 is 2.13 bits per heavy atom. The molecule has 0 aliphatic heterocycles. The molecule has 74 valence electrons. The average molecular weight is 216 g/mol. The minimum atomic E-state index is -0.00468. The van der Waals surface area contributed by atoms with Crippen LogP contribution in [0, 0.1) is 6.92 Å². The van der Waals surface area contributed by atoms with Crippen LogP contribution in [0.4, 0.5) is 0 Å². The van der Waals surface area contributed by atoms with Crippen LogP contribution < -0.4 is 5.56 Å². The Kier molecular flexibility index (Phi) is 1.67. The van der Waals surface area contributed by atoms with Crippen molar-refractivity contribution >= 4 is 26.5 Å². The number of hydrogen-bond donors (Lipinski definition) is 0. The van der Waals surface area contributed by atoms with Crippen molar-refractivity contribution in [3.63, 3.8) is 0 Å². The third-order valence-corrected chi connectivity index (χ3v) is 3.35. The molecule has 0 fully saturated rings. The summed E-state index contributed by atoms with van der Waals surface area (Å²) in [5, 5.41) is 0. The normalized spacial score (nSPS) is 11.3. The first-order chi connectivity index (χ1) is 7.25. The van der Waals surface area contributed by atoms with Crippen LogP contribution in [0.5, 0.6) is 0 Å². The van der Waals surface area contributed by atoms with Crippen LogP contribution in [0.3, 0.4) is 0 Å². The van der Waals surface area contributed by atoms with E-state index < -0.39 is 0 Å². The molecular formula is C11H8N2OS. The molecule has 2 heterocycles. The zero-order valence-electron chi connectivity index (χ0n) is 8.10. The van der Waals surface area contributed by atoms with Crippen LogP contribution in [0.2, 0.25) is 0 Å². The summed E-state index contributed by atoms with van der Waals surface area (Å²) < 4.78 is 2.75. The molecule has 4 heteroatoms. The standard InChI is InChI=1S/C11H8N2OS/c1-7-6-10(14)13-8-4-2-3-5-9(8)15-11(13)12-7/h2-6H,1H3. The van der Waals surface area contributed by atoms with Crippen molar-refractivity contribution in [1.29, 1.82) is 0 Å². The minimum absolute atomic E-state index is 0.00468. The molecule has 0 aliphatic carbocycles. The van der Waals surface area contributed by atoms with Gasteiger partial charge in [0.2, 0.25) is 0 Å². The van der Waals surface area contributed by atoms with Gasteiger partial charge in [-0.25, -0.2) is 4.98 Å². The molecule has 0 aliphatic rings.